The summed E-state index contributed by atoms with van der Waals surface area (Å²) in [7, 11) is 0. The number of alkyl halides is 3. The summed E-state index contributed by atoms with van der Waals surface area (Å²) >= 11 is 0. The molecule has 1 N–H and O–H groups in total. The molecular weight excluding hydrogens is 245 g/mol. The maximum atomic E-state index is 12.5. The summed E-state index contributed by atoms with van der Waals surface area (Å²) in [6, 6.07) is 3.37. The fraction of sp³-hybridized carbons (Fsp3) is 0.385. The zero-order chi connectivity index (χ0) is 13.6. The first-order valence-corrected chi connectivity index (χ1v) is 5.46. The van der Waals surface area contributed by atoms with Crippen LogP contribution in [-0.4, -0.2) is 10.7 Å². The van der Waals surface area contributed by atoms with Gasteiger partial charge >= 0.3 is 6.18 Å². The predicted molar refractivity (Wildman–Crippen MR) is 61.2 cm³/mol. The number of fused-ring (bicyclic) bond motifs is 1. The van der Waals surface area contributed by atoms with E-state index in [0.717, 1.165) is 12.1 Å². The molecule has 1 aromatic heterocycles. The molecule has 5 heteroatoms. The van der Waals surface area contributed by atoms with E-state index in [4.69, 9.17) is 4.42 Å². The van der Waals surface area contributed by atoms with Gasteiger partial charge in [-0.1, -0.05) is 6.07 Å². The van der Waals surface area contributed by atoms with Crippen LogP contribution in [0.1, 0.15) is 25.0 Å². The zero-order valence-corrected chi connectivity index (χ0v) is 10.0. The fourth-order valence-electron chi connectivity index (χ4n) is 1.86. The summed E-state index contributed by atoms with van der Waals surface area (Å²) in [5.74, 6) is 0. The van der Waals surface area contributed by atoms with Gasteiger partial charge in [0.1, 0.15) is 5.58 Å². The molecule has 18 heavy (non-hydrogen) atoms. The fourth-order valence-corrected chi connectivity index (χ4v) is 1.86. The highest BCUT2D eigenvalue weighted by Crippen LogP contribution is 2.33. The first kappa shape index (κ1) is 13.0. The Balaban J connectivity index is 2.44. The van der Waals surface area contributed by atoms with Crippen LogP contribution >= 0.6 is 0 Å². The Morgan fingerprint density at radius 1 is 1.22 bits per heavy atom. The zero-order valence-electron chi connectivity index (χ0n) is 10.0. The number of benzene rings is 1. The van der Waals surface area contributed by atoms with Crippen LogP contribution < -0.4 is 0 Å². The second kappa shape index (κ2) is 4.02. The van der Waals surface area contributed by atoms with E-state index in [2.05, 4.69) is 0 Å². The standard InChI is InChI=1S/C13H13F3O2/c1-12(2,17)6-8-7-18-11-5-9(13(14,15)16)3-4-10(8)11/h3-5,7,17H,6H2,1-2H3. The molecule has 1 aromatic carbocycles. The van der Waals surface area contributed by atoms with Gasteiger partial charge in [-0.25, -0.2) is 0 Å². The predicted octanol–water partition coefficient (Wildman–Crippen LogP) is 3.77. The van der Waals surface area contributed by atoms with Gasteiger partial charge in [-0.05, 0) is 26.0 Å². The minimum absolute atomic E-state index is 0.184. The van der Waals surface area contributed by atoms with Crippen molar-refractivity contribution in [3.63, 3.8) is 0 Å². The van der Waals surface area contributed by atoms with Gasteiger partial charge in [0, 0.05) is 17.4 Å². The number of furan rings is 1. The monoisotopic (exact) mass is 258 g/mol. The van der Waals surface area contributed by atoms with Crippen molar-refractivity contribution in [1.29, 1.82) is 0 Å². The molecule has 0 aliphatic heterocycles. The Morgan fingerprint density at radius 3 is 2.44 bits per heavy atom. The highest BCUT2D eigenvalue weighted by Gasteiger charge is 2.31. The lowest BCUT2D eigenvalue weighted by Gasteiger charge is -2.15. The van der Waals surface area contributed by atoms with E-state index in [9.17, 15) is 18.3 Å². The van der Waals surface area contributed by atoms with Crippen molar-refractivity contribution in [1.82, 2.24) is 0 Å². The molecule has 0 saturated heterocycles. The van der Waals surface area contributed by atoms with Gasteiger partial charge in [-0.15, -0.1) is 0 Å². The smallest absolute Gasteiger partial charge is 0.416 e. The molecule has 1 heterocycles. The van der Waals surface area contributed by atoms with Crippen LogP contribution in [0.2, 0.25) is 0 Å². The van der Waals surface area contributed by atoms with Gasteiger partial charge in [0.25, 0.3) is 0 Å². The lowest BCUT2D eigenvalue weighted by atomic mass is 9.98. The summed E-state index contributed by atoms with van der Waals surface area (Å²) in [4.78, 5) is 0. The van der Waals surface area contributed by atoms with E-state index < -0.39 is 17.3 Å². The molecule has 0 unspecified atom stereocenters. The maximum Gasteiger partial charge on any atom is 0.416 e. The number of aliphatic hydroxyl groups is 1. The van der Waals surface area contributed by atoms with Crippen molar-refractivity contribution >= 4 is 11.0 Å². The van der Waals surface area contributed by atoms with E-state index in [0.29, 0.717) is 17.4 Å². The first-order valence-electron chi connectivity index (χ1n) is 5.46. The van der Waals surface area contributed by atoms with Crippen LogP contribution in [0.15, 0.2) is 28.9 Å². The highest BCUT2D eigenvalue weighted by molar-refractivity contribution is 5.81. The third kappa shape index (κ3) is 2.67. The Kier molecular flexibility index (Phi) is 2.89. The molecule has 2 nitrogen and oxygen atoms in total. The lowest BCUT2D eigenvalue weighted by molar-refractivity contribution is -0.137. The van der Waals surface area contributed by atoms with Crippen molar-refractivity contribution in [2.24, 2.45) is 0 Å². The average molecular weight is 258 g/mol. The molecule has 0 amide bonds. The Labute approximate surface area is 102 Å². The van der Waals surface area contributed by atoms with Crippen molar-refractivity contribution < 1.29 is 22.7 Å². The second-order valence-electron chi connectivity index (χ2n) is 4.96. The van der Waals surface area contributed by atoms with E-state index in [1.807, 2.05) is 0 Å². The SMILES string of the molecule is CC(C)(O)Cc1coc2cc(C(F)(F)F)ccc12. The Hall–Kier alpha value is -1.49. The van der Waals surface area contributed by atoms with E-state index >= 15 is 0 Å². The van der Waals surface area contributed by atoms with Crippen molar-refractivity contribution in [3.8, 4) is 0 Å². The molecule has 0 saturated carbocycles. The summed E-state index contributed by atoms with van der Waals surface area (Å²) in [5.41, 5.74) is -0.783. The maximum absolute atomic E-state index is 12.5. The van der Waals surface area contributed by atoms with Crippen LogP contribution in [0.25, 0.3) is 11.0 Å². The molecule has 0 aliphatic rings. The van der Waals surface area contributed by atoms with Gasteiger partial charge < -0.3 is 9.52 Å². The Morgan fingerprint density at radius 2 is 1.89 bits per heavy atom. The molecule has 0 atom stereocenters. The lowest BCUT2D eigenvalue weighted by Crippen LogP contribution is -2.21. The minimum atomic E-state index is -4.38. The molecule has 0 spiro atoms. The molecule has 0 aliphatic carbocycles. The Bertz CT molecular complexity index is 562. The van der Waals surface area contributed by atoms with Gasteiger partial charge in [0.05, 0.1) is 17.4 Å². The van der Waals surface area contributed by atoms with Gasteiger partial charge in [-0.3, -0.25) is 0 Å². The largest absolute Gasteiger partial charge is 0.464 e. The number of hydrogen-bond acceptors (Lipinski definition) is 2. The summed E-state index contributed by atoms with van der Waals surface area (Å²) in [6.45, 7) is 3.27. The third-order valence-electron chi connectivity index (χ3n) is 2.61. The molecule has 0 fully saturated rings. The van der Waals surface area contributed by atoms with Crippen LogP contribution in [0.3, 0.4) is 0 Å². The molecule has 2 rings (SSSR count). The van der Waals surface area contributed by atoms with Crippen LogP contribution in [0.4, 0.5) is 13.2 Å². The first-order chi connectivity index (χ1) is 8.17. The average Bonchev–Trinajstić information content (AvgIpc) is 2.57. The van der Waals surface area contributed by atoms with Crippen molar-refractivity contribution in [2.75, 3.05) is 0 Å². The van der Waals surface area contributed by atoms with Crippen molar-refractivity contribution in [3.05, 3.63) is 35.6 Å². The van der Waals surface area contributed by atoms with Crippen LogP contribution in [0, 0.1) is 0 Å². The number of halogens is 3. The summed E-state index contributed by atoms with van der Waals surface area (Å²) < 4.78 is 42.7. The van der Waals surface area contributed by atoms with Crippen LogP contribution in [0.5, 0.6) is 0 Å². The third-order valence-corrected chi connectivity index (χ3v) is 2.61. The van der Waals surface area contributed by atoms with E-state index in [1.54, 1.807) is 13.8 Å². The second-order valence-corrected chi connectivity index (χ2v) is 4.96. The molecular formula is C13H13F3O2. The van der Waals surface area contributed by atoms with Crippen molar-refractivity contribution in [2.45, 2.75) is 32.0 Å². The van der Waals surface area contributed by atoms with E-state index in [-0.39, 0.29) is 5.58 Å². The quantitative estimate of drug-likeness (QED) is 0.889. The summed E-state index contributed by atoms with van der Waals surface area (Å²) in [6.07, 6.45) is -2.66. The van der Waals surface area contributed by atoms with Gasteiger partial charge in [0.2, 0.25) is 0 Å². The van der Waals surface area contributed by atoms with Gasteiger partial charge in [0.15, 0.2) is 0 Å². The molecule has 0 radical (unpaired) electrons. The van der Waals surface area contributed by atoms with Gasteiger partial charge in [-0.2, -0.15) is 13.2 Å². The number of rotatable bonds is 2. The topological polar surface area (TPSA) is 33.4 Å². The number of hydrogen-bond donors (Lipinski definition) is 1. The molecule has 98 valence electrons. The molecule has 0 bridgehead atoms. The van der Waals surface area contributed by atoms with E-state index in [1.165, 1.54) is 12.3 Å². The summed E-state index contributed by atoms with van der Waals surface area (Å²) in [5, 5.41) is 10.3. The normalized spacial score (nSPS) is 13.2. The van der Waals surface area contributed by atoms with Crippen LogP contribution in [-0.2, 0) is 12.6 Å². The molecule has 2 aromatic rings. The minimum Gasteiger partial charge on any atom is -0.464 e. The highest BCUT2D eigenvalue weighted by atomic mass is 19.4.